The molecule has 2 nitrogen and oxygen atoms in total. The second-order valence-electron chi connectivity index (χ2n) is 4.50. The van der Waals surface area contributed by atoms with Crippen LogP contribution in [0.5, 0.6) is 17.2 Å². The molecule has 0 spiro atoms. The van der Waals surface area contributed by atoms with Crippen LogP contribution in [-0.2, 0) is 5.88 Å². The van der Waals surface area contributed by atoms with Crippen molar-refractivity contribution >= 4 is 11.6 Å². The molecule has 0 radical (unpaired) electrons. The van der Waals surface area contributed by atoms with Crippen molar-refractivity contribution in [2.45, 2.75) is 19.7 Å². The standard InChI is InChI=1S/C16H17ClO2/c1-11-4-6-14(13(8-11)10-17)19-15-7-5-12(2)9-16(15)18-3/h4-9H,10H2,1-3H3. The Morgan fingerprint density at radius 3 is 2.16 bits per heavy atom. The van der Waals surface area contributed by atoms with Gasteiger partial charge in [0.2, 0.25) is 0 Å². The van der Waals surface area contributed by atoms with Crippen LogP contribution in [0.15, 0.2) is 36.4 Å². The predicted molar refractivity (Wildman–Crippen MR) is 78.5 cm³/mol. The van der Waals surface area contributed by atoms with E-state index in [4.69, 9.17) is 21.1 Å². The van der Waals surface area contributed by atoms with Gasteiger partial charge in [0.25, 0.3) is 0 Å². The van der Waals surface area contributed by atoms with Crippen molar-refractivity contribution < 1.29 is 9.47 Å². The number of hydrogen-bond acceptors (Lipinski definition) is 2. The molecular formula is C16H17ClO2. The molecule has 2 rings (SSSR count). The van der Waals surface area contributed by atoms with Crippen LogP contribution >= 0.6 is 11.6 Å². The van der Waals surface area contributed by atoms with E-state index in [1.54, 1.807) is 7.11 Å². The van der Waals surface area contributed by atoms with E-state index in [-0.39, 0.29) is 0 Å². The number of hydrogen-bond donors (Lipinski definition) is 0. The lowest BCUT2D eigenvalue weighted by Crippen LogP contribution is -1.94. The van der Waals surface area contributed by atoms with Crippen LogP contribution in [0.4, 0.5) is 0 Å². The Balaban J connectivity index is 2.36. The van der Waals surface area contributed by atoms with E-state index in [1.165, 1.54) is 5.56 Å². The van der Waals surface area contributed by atoms with E-state index in [9.17, 15) is 0 Å². The molecule has 100 valence electrons. The summed E-state index contributed by atoms with van der Waals surface area (Å²) in [6, 6.07) is 11.8. The average Bonchev–Trinajstić information content (AvgIpc) is 2.42. The van der Waals surface area contributed by atoms with Gasteiger partial charge >= 0.3 is 0 Å². The minimum absolute atomic E-state index is 0.422. The van der Waals surface area contributed by atoms with Gasteiger partial charge in [-0.15, -0.1) is 11.6 Å². The molecule has 2 aromatic carbocycles. The monoisotopic (exact) mass is 276 g/mol. The third kappa shape index (κ3) is 3.21. The van der Waals surface area contributed by atoms with Crippen molar-refractivity contribution in [2.24, 2.45) is 0 Å². The van der Waals surface area contributed by atoms with Gasteiger partial charge in [-0.2, -0.15) is 0 Å². The van der Waals surface area contributed by atoms with Gasteiger partial charge in [-0.25, -0.2) is 0 Å². The Morgan fingerprint density at radius 1 is 0.895 bits per heavy atom. The van der Waals surface area contributed by atoms with Crippen LogP contribution in [-0.4, -0.2) is 7.11 Å². The normalized spacial score (nSPS) is 10.3. The summed E-state index contributed by atoms with van der Waals surface area (Å²) in [5, 5.41) is 0. The Morgan fingerprint density at radius 2 is 1.53 bits per heavy atom. The van der Waals surface area contributed by atoms with Gasteiger partial charge in [-0.3, -0.25) is 0 Å². The summed E-state index contributed by atoms with van der Waals surface area (Å²) in [6.07, 6.45) is 0. The summed E-state index contributed by atoms with van der Waals surface area (Å²) in [7, 11) is 1.64. The molecular weight excluding hydrogens is 260 g/mol. The number of aryl methyl sites for hydroxylation is 2. The molecule has 0 heterocycles. The molecule has 0 aliphatic heterocycles. The van der Waals surface area contributed by atoms with Crippen LogP contribution < -0.4 is 9.47 Å². The first-order valence-corrected chi connectivity index (χ1v) is 6.65. The molecule has 0 amide bonds. The Hall–Kier alpha value is -1.67. The first kappa shape index (κ1) is 13.8. The molecule has 0 saturated heterocycles. The van der Waals surface area contributed by atoms with E-state index >= 15 is 0 Å². The van der Waals surface area contributed by atoms with Crippen molar-refractivity contribution in [1.29, 1.82) is 0 Å². The highest BCUT2D eigenvalue weighted by Crippen LogP contribution is 2.34. The van der Waals surface area contributed by atoms with E-state index in [1.807, 2.05) is 50.2 Å². The molecule has 0 atom stereocenters. The van der Waals surface area contributed by atoms with Crippen LogP contribution in [0.1, 0.15) is 16.7 Å². The number of benzene rings is 2. The molecule has 0 unspecified atom stereocenters. The summed E-state index contributed by atoms with van der Waals surface area (Å²) >= 11 is 5.96. The smallest absolute Gasteiger partial charge is 0.169 e. The Kier molecular flexibility index (Phi) is 4.33. The highest BCUT2D eigenvalue weighted by Gasteiger charge is 2.09. The zero-order chi connectivity index (χ0) is 13.8. The Labute approximate surface area is 118 Å². The lowest BCUT2D eigenvalue weighted by Gasteiger charge is -2.13. The topological polar surface area (TPSA) is 18.5 Å². The van der Waals surface area contributed by atoms with Crippen LogP contribution in [0.25, 0.3) is 0 Å². The maximum Gasteiger partial charge on any atom is 0.169 e. The predicted octanol–water partition coefficient (Wildman–Crippen LogP) is 4.84. The quantitative estimate of drug-likeness (QED) is 0.744. The molecule has 3 heteroatoms. The highest BCUT2D eigenvalue weighted by molar-refractivity contribution is 6.17. The average molecular weight is 277 g/mol. The van der Waals surface area contributed by atoms with Crippen molar-refractivity contribution in [3.05, 3.63) is 53.1 Å². The fourth-order valence-corrected chi connectivity index (χ4v) is 2.10. The molecule has 2 aromatic rings. The fourth-order valence-electron chi connectivity index (χ4n) is 1.89. The van der Waals surface area contributed by atoms with Gasteiger partial charge in [-0.1, -0.05) is 23.8 Å². The van der Waals surface area contributed by atoms with Crippen molar-refractivity contribution in [3.63, 3.8) is 0 Å². The number of alkyl halides is 1. The van der Waals surface area contributed by atoms with Gasteiger partial charge in [0.05, 0.1) is 13.0 Å². The minimum Gasteiger partial charge on any atom is -0.493 e. The van der Waals surface area contributed by atoms with E-state index in [0.717, 1.165) is 22.6 Å². The van der Waals surface area contributed by atoms with Crippen molar-refractivity contribution in [2.75, 3.05) is 7.11 Å². The van der Waals surface area contributed by atoms with E-state index in [0.29, 0.717) is 11.6 Å². The molecule has 0 aromatic heterocycles. The first-order chi connectivity index (χ1) is 9.13. The lowest BCUT2D eigenvalue weighted by molar-refractivity contribution is 0.377. The minimum atomic E-state index is 0.422. The fraction of sp³-hybridized carbons (Fsp3) is 0.250. The summed E-state index contributed by atoms with van der Waals surface area (Å²) < 4.78 is 11.3. The van der Waals surface area contributed by atoms with Crippen molar-refractivity contribution in [3.8, 4) is 17.2 Å². The summed E-state index contributed by atoms with van der Waals surface area (Å²) in [5.41, 5.74) is 3.27. The molecule has 0 saturated carbocycles. The van der Waals surface area contributed by atoms with Crippen LogP contribution in [0, 0.1) is 13.8 Å². The molecule has 0 aliphatic carbocycles. The lowest BCUT2D eigenvalue weighted by atomic mass is 10.1. The highest BCUT2D eigenvalue weighted by atomic mass is 35.5. The number of ether oxygens (including phenoxy) is 2. The van der Waals surface area contributed by atoms with Gasteiger partial charge in [0, 0.05) is 5.56 Å². The van der Waals surface area contributed by atoms with E-state index < -0.39 is 0 Å². The molecule has 0 bridgehead atoms. The SMILES string of the molecule is COc1cc(C)ccc1Oc1ccc(C)cc1CCl. The number of rotatable bonds is 4. The Bertz CT molecular complexity index is 527. The zero-order valence-electron chi connectivity index (χ0n) is 11.4. The molecule has 19 heavy (non-hydrogen) atoms. The van der Waals surface area contributed by atoms with Gasteiger partial charge < -0.3 is 9.47 Å². The van der Waals surface area contributed by atoms with Crippen LogP contribution in [0.2, 0.25) is 0 Å². The van der Waals surface area contributed by atoms with Crippen LogP contribution in [0.3, 0.4) is 0 Å². The zero-order valence-corrected chi connectivity index (χ0v) is 12.1. The summed E-state index contributed by atoms with van der Waals surface area (Å²) in [5.74, 6) is 2.61. The summed E-state index contributed by atoms with van der Waals surface area (Å²) in [4.78, 5) is 0. The van der Waals surface area contributed by atoms with Gasteiger partial charge in [-0.05, 0) is 37.6 Å². The number of methoxy groups -OCH3 is 1. The van der Waals surface area contributed by atoms with Gasteiger partial charge in [0.15, 0.2) is 11.5 Å². The maximum absolute atomic E-state index is 5.96. The first-order valence-electron chi connectivity index (χ1n) is 6.12. The molecule has 0 aliphatic rings. The number of halogens is 1. The largest absolute Gasteiger partial charge is 0.493 e. The summed E-state index contributed by atoms with van der Waals surface area (Å²) in [6.45, 7) is 4.05. The molecule has 0 fully saturated rings. The maximum atomic E-state index is 5.96. The second-order valence-corrected chi connectivity index (χ2v) is 4.77. The van der Waals surface area contributed by atoms with E-state index in [2.05, 4.69) is 0 Å². The molecule has 0 N–H and O–H groups in total. The third-order valence-electron chi connectivity index (χ3n) is 2.90. The third-order valence-corrected chi connectivity index (χ3v) is 3.19. The second kappa shape index (κ2) is 5.98. The van der Waals surface area contributed by atoms with Gasteiger partial charge in [0.1, 0.15) is 5.75 Å². The van der Waals surface area contributed by atoms with Crippen molar-refractivity contribution in [1.82, 2.24) is 0 Å².